The molecule has 1 aromatic carbocycles. The lowest BCUT2D eigenvalue weighted by Crippen LogP contribution is -2.30. The van der Waals surface area contributed by atoms with E-state index in [4.69, 9.17) is 9.97 Å². The van der Waals surface area contributed by atoms with Crippen LogP contribution in [0.1, 0.15) is 19.3 Å². The van der Waals surface area contributed by atoms with E-state index in [-0.39, 0.29) is 0 Å². The zero-order valence-corrected chi connectivity index (χ0v) is 14.0. The van der Waals surface area contributed by atoms with Gasteiger partial charge in [-0.3, -0.25) is 0 Å². The van der Waals surface area contributed by atoms with E-state index in [9.17, 15) is 0 Å². The molecule has 6 heteroatoms. The lowest BCUT2D eigenvalue weighted by molar-refractivity contribution is 0.573. The number of rotatable bonds is 3. The molecule has 0 unspecified atom stereocenters. The van der Waals surface area contributed by atoms with Crippen molar-refractivity contribution >= 4 is 28.6 Å². The number of aromatic nitrogens is 4. The second kappa shape index (κ2) is 6.20. The summed E-state index contributed by atoms with van der Waals surface area (Å²) in [6.07, 6.45) is 7.68. The predicted molar refractivity (Wildman–Crippen MR) is 94.5 cm³/mol. The molecule has 1 aliphatic rings. The molecule has 3 heterocycles. The Labute approximate surface area is 139 Å². The molecule has 0 spiro atoms. The highest BCUT2D eigenvalue weighted by Crippen LogP contribution is 2.29. The molecule has 1 fully saturated rings. The minimum atomic E-state index is 0.802. The summed E-state index contributed by atoms with van der Waals surface area (Å²) in [5.74, 6) is 1.03. The van der Waals surface area contributed by atoms with E-state index in [0.29, 0.717) is 0 Å². The summed E-state index contributed by atoms with van der Waals surface area (Å²) in [4.78, 5) is 11.9. The van der Waals surface area contributed by atoms with Crippen LogP contribution in [0, 0.1) is 0 Å². The molecule has 0 N–H and O–H groups in total. The first-order valence-electron chi connectivity index (χ1n) is 7.97. The summed E-state index contributed by atoms with van der Waals surface area (Å²) in [5, 5.41) is 6.41. The van der Waals surface area contributed by atoms with Crippen molar-refractivity contribution in [3.8, 4) is 5.69 Å². The third-order valence-electron chi connectivity index (χ3n) is 4.23. The number of nitrogens with zero attached hydrogens (tertiary/aromatic N) is 5. The van der Waals surface area contributed by atoms with Gasteiger partial charge in [0.05, 0.1) is 17.3 Å². The highest BCUT2D eigenvalue weighted by molar-refractivity contribution is 7.98. The first-order valence-corrected chi connectivity index (χ1v) is 9.19. The van der Waals surface area contributed by atoms with Crippen molar-refractivity contribution in [1.82, 2.24) is 19.7 Å². The highest BCUT2D eigenvalue weighted by atomic mass is 32.2. The zero-order chi connectivity index (χ0) is 15.6. The molecule has 3 aromatic rings. The second-order valence-corrected chi connectivity index (χ2v) is 6.48. The van der Waals surface area contributed by atoms with E-state index in [1.165, 1.54) is 19.3 Å². The van der Waals surface area contributed by atoms with E-state index in [0.717, 1.165) is 40.8 Å². The van der Waals surface area contributed by atoms with Crippen LogP contribution >= 0.6 is 11.8 Å². The largest absolute Gasteiger partial charge is 0.356 e. The van der Waals surface area contributed by atoms with E-state index >= 15 is 0 Å². The van der Waals surface area contributed by atoms with Crippen molar-refractivity contribution in [3.63, 3.8) is 0 Å². The fourth-order valence-corrected chi connectivity index (χ4v) is 3.43. The minimum absolute atomic E-state index is 0.802. The van der Waals surface area contributed by atoms with Crippen molar-refractivity contribution in [2.75, 3.05) is 24.2 Å². The molecule has 5 nitrogen and oxygen atoms in total. The molecular formula is C17H19N5S. The zero-order valence-electron chi connectivity index (χ0n) is 13.1. The SMILES string of the molecule is CSc1nc(N2CCCCC2)c2cnn(-c3ccccc3)c2n1. The number of para-hydroxylation sites is 1. The Morgan fingerprint density at radius 2 is 1.78 bits per heavy atom. The number of piperidine rings is 1. The predicted octanol–water partition coefficient (Wildman–Crippen LogP) is 3.53. The monoisotopic (exact) mass is 325 g/mol. The minimum Gasteiger partial charge on any atom is -0.356 e. The van der Waals surface area contributed by atoms with Crippen LogP contribution in [0.3, 0.4) is 0 Å². The molecule has 23 heavy (non-hydrogen) atoms. The summed E-state index contributed by atoms with van der Waals surface area (Å²) < 4.78 is 1.91. The standard InChI is InChI=1S/C17H19N5S/c1-23-17-19-15(21-10-6-3-7-11-21)14-12-18-22(16(14)20-17)13-8-4-2-5-9-13/h2,4-5,8-9,12H,3,6-7,10-11H2,1H3. The topological polar surface area (TPSA) is 46.8 Å². The van der Waals surface area contributed by atoms with Crippen molar-refractivity contribution in [1.29, 1.82) is 0 Å². The molecule has 4 rings (SSSR count). The maximum atomic E-state index is 4.77. The van der Waals surface area contributed by atoms with E-state index < -0.39 is 0 Å². The molecular weight excluding hydrogens is 306 g/mol. The Hall–Kier alpha value is -2.08. The molecule has 1 saturated heterocycles. The van der Waals surface area contributed by atoms with Gasteiger partial charge in [-0.2, -0.15) is 5.10 Å². The average molecular weight is 325 g/mol. The van der Waals surface area contributed by atoms with Crippen LogP contribution in [0.2, 0.25) is 0 Å². The third kappa shape index (κ3) is 2.67. The van der Waals surface area contributed by atoms with Gasteiger partial charge in [0, 0.05) is 13.1 Å². The fraction of sp³-hybridized carbons (Fsp3) is 0.353. The number of thioether (sulfide) groups is 1. The van der Waals surface area contributed by atoms with Gasteiger partial charge < -0.3 is 4.90 Å². The number of hydrogen-bond acceptors (Lipinski definition) is 5. The summed E-state index contributed by atoms with van der Waals surface area (Å²) in [6.45, 7) is 2.13. The molecule has 0 amide bonds. The van der Waals surface area contributed by atoms with Crippen molar-refractivity contribution in [3.05, 3.63) is 36.5 Å². The number of anilines is 1. The molecule has 0 saturated carbocycles. The normalized spacial score (nSPS) is 15.3. The lowest BCUT2D eigenvalue weighted by atomic mass is 10.1. The van der Waals surface area contributed by atoms with Gasteiger partial charge >= 0.3 is 0 Å². The van der Waals surface area contributed by atoms with Crippen LogP contribution in [-0.2, 0) is 0 Å². The van der Waals surface area contributed by atoms with Gasteiger partial charge in [0.25, 0.3) is 0 Å². The summed E-state index contributed by atoms with van der Waals surface area (Å²) >= 11 is 1.58. The molecule has 2 aromatic heterocycles. The van der Waals surface area contributed by atoms with Crippen LogP contribution in [0.25, 0.3) is 16.7 Å². The molecule has 118 valence electrons. The maximum Gasteiger partial charge on any atom is 0.191 e. The summed E-state index contributed by atoms with van der Waals surface area (Å²) in [5.41, 5.74) is 1.91. The van der Waals surface area contributed by atoms with Gasteiger partial charge in [0.15, 0.2) is 10.8 Å². The Morgan fingerprint density at radius 1 is 1.00 bits per heavy atom. The Kier molecular flexibility index (Phi) is 3.91. The quantitative estimate of drug-likeness (QED) is 0.544. The van der Waals surface area contributed by atoms with Gasteiger partial charge in [0.1, 0.15) is 5.82 Å². The second-order valence-electron chi connectivity index (χ2n) is 5.71. The van der Waals surface area contributed by atoms with Gasteiger partial charge in [-0.25, -0.2) is 14.6 Å². The van der Waals surface area contributed by atoms with Gasteiger partial charge in [-0.05, 0) is 37.7 Å². The summed E-state index contributed by atoms with van der Waals surface area (Å²) in [6, 6.07) is 10.1. The molecule has 0 radical (unpaired) electrons. The Bertz CT molecular complexity index is 808. The fourth-order valence-electron chi connectivity index (χ4n) is 3.07. The van der Waals surface area contributed by atoms with Crippen LogP contribution in [-0.4, -0.2) is 39.1 Å². The van der Waals surface area contributed by atoms with Gasteiger partial charge in [-0.15, -0.1) is 0 Å². The molecule has 0 aliphatic carbocycles. The summed E-state index contributed by atoms with van der Waals surface area (Å²) in [7, 11) is 0. The molecule has 0 atom stereocenters. The number of hydrogen-bond donors (Lipinski definition) is 0. The van der Waals surface area contributed by atoms with Crippen LogP contribution in [0.4, 0.5) is 5.82 Å². The van der Waals surface area contributed by atoms with E-state index in [1.54, 1.807) is 11.8 Å². The van der Waals surface area contributed by atoms with Crippen LogP contribution in [0.5, 0.6) is 0 Å². The van der Waals surface area contributed by atoms with Gasteiger partial charge in [-0.1, -0.05) is 30.0 Å². The Morgan fingerprint density at radius 3 is 2.52 bits per heavy atom. The number of fused-ring (bicyclic) bond motifs is 1. The van der Waals surface area contributed by atoms with Crippen molar-refractivity contribution in [2.24, 2.45) is 0 Å². The van der Waals surface area contributed by atoms with Crippen molar-refractivity contribution in [2.45, 2.75) is 24.4 Å². The smallest absolute Gasteiger partial charge is 0.191 e. The third-order valence-corrected chi connectivity index (χ3v) is 4.77. The van der Waals surface area contributed by atoms with Crippen LogP contribution in [0.15, 0.2) is 41.7 Å². The van der Waals surface area contributed by atoms with Crippen LogP contribution < -0.4 is 4.90 Å². The first-order chi connectivity index (χ1) is 11.4. The Balaban J connectivity index is 1.89. The first kappa shape index (κ1) is 14.5. The van der Waals surface area contributed by atoms with Gasteiger partial charge in [0.2, 0.25) is 0 Å². The average Bonchev–Trinajstić information content (AvgIpc) is 3.06. The maximum absolute atomic E-state index is 4.77. The lowest BCUT2D eigenvalue weighted by Gasteiger charge is -2.28. The van der Waals surface area contributed by atoms with E-state index in [1.807, 2.05) is 47.5 Å². The van der Waals surface area contributed by atoms with Crippen molar-refractivity contribution < 1.29 is 0 Å². The molecule has 1 aliphatic heterocycles. The number of benzene rings is 1. The highest BCUT2D eigenvalue weighted by Gasteiger charge is 2.20. The van der Waals surface area contributed by atoms with E-state index in [2.05, 4.69) is 10.00 Å². The molecule has 0 bridgehead atoms.